The number of methoxy groups -OCH3 is 1. The number of nitrogens with two attached hydrogens (primary N) is 1. The molecule has 0 saturated carbocycles. The third-order valence-corrected chi connectivity index (χ3v) is 2.93. The van der Waals surface area contributed by atoms with E-state index in [2.05, 4.69) is 5.32 Å². The number of nitrogens with one attached hydrogen (secondary N) is 1. The minimum Gasteiger partial charge on any atom is -0.494 e. The van der Waals surface area contributed by atoms with Gasteiger partial charge in [0.15, 0.2) is 5.75 Å². The number of hydrogen-bond acceptors (Lipinski definition) is 4. The lowest BCUT2D eigenvalue weighted by Crippen LogP contribution is -2.14. The molecule has 1 amide bonds. The Balaban J connectivity index is 2.29. The molecule has 2 aromatic rings. The zero-order valence-corrected chi connectivity index (χ0v) is 12.1. The van der Waals surface area contributed by atoms with Crippen LogP contribution in [0.15, 0.2) is 42.5 Å². The number of benzene rings is 2. The molecule has 0 fully saturated rings. The van der Waals surface area contributed by atoms with Gasteiger partial charge < -0.3 is 20.5 Å². The van der Waals surface area contributed by atoms with Gasteiger partial charge in [-0.25, -0.2) is 0 Å². The number of carbonyl (C=O) groups excluding carboxylic acids is 1. The number of amides is 1. The molecule has 21 heavy (non-hydrogen) atoms. The average molecular weight is 286 g/mol. The van der Waals surface area contributed by atoms with Crippen LogP contribution < -0.4 is 20.5 Å². The minimum absolute atomic E-state index is 0.300. The highest BCUT2D eigenvalue weighted by Gasteiger charge is 2.16. The fourth-order valence-corrected chi connectivity index (χ4v) is 2.00. The number of ether oxygens (including phenoxy) is 2. The third kappa shape index (κ3) is 3.25. The summed E-state index contributed by atoms with van der Waals surface area (Å²) in [7, 11) is 1.48. The predicted octanol–water partition coefficient (Wildman–Crippen LogP) is 2.93. The largest absolute Gasteiger partial charge is 0.494 e. The highest BCUT2D eigenvalue weighted by Crippen LogP contribution is 2.29. The van der Waals surface area contributed by atoms with Gasteiger partial charge in [-0.1, -0.05) is 18.2 Å². The number of carbonyl (C=O) groups is 1. The number of rotatable bonds is 5. The Morgan fingerprint density at radius 3 is 2.67 bits per heavy atom. The van der Waals surface area contributed by atoms with E-state index in [1.165, 1.54) is 7.11 Å². The van der Waals surface area contributed by atoms with Crippen molar-refractivity contribution in [2.75, 3.05) is 24.8 Å². The van der Waals surface area contributed by atoms with Gasteiger partial charge in [-0.15, -0.1) is 0 Å². The van der Waals surface area contributed by atoms with Gasteiger partial charge in [-0.05, 0) is 31.2 Å². The summed E-state index contributed by atoms with van der Waals surface area (Å²) >= 11 is 0. The van der Waals surface area contributed by atoms with Crippen molar-refractivity contribution in [2.45, 2.75) is 6.92 Å². The zero-order chi connectivity index (χ0) is 15.2. The Labute approximate surface area is 123 Å². The van der Waals surface area contributed by atoms with Crippen LogP contribution in [0.1, 0.15) is 17.3 Å². The molecule has 0 heterocycles. The third-order valence-electron chi connectivity index (χ3n) is 2.93. The molecule has 0 aliphatic heterocycles. The van der Waals surface area contributed by atoms with Crippen LogP contribution in [0.5, 0.6) is 11.5 Å². The van der Waals surface area contributed by atoms with Gasteiger partial charge in [-0.2, -0.15) is 0 Å². The summed E-state index contributed by atoms with van der Waals surface area (Å²) in [5.74, 6) is 0.686. The first-order valence-electron chi connectivity index (χ1n) is 6.63. The topological polar surface area (TPSA) is 73.6 Å². The fourth-order valence-electron chi connectivity index (χ4n) is 2.00. The molecule has 0 aromatic heterocycles. The summed E-state index contributed by atoms with van der Waals surface area (Å²) in [6.45, 7) is 2.41. The summed E-state index contributed by atoms with van der Waals surface area (Å²) in [5.41, 5.74) is 7.21. The van der Waals surface area contributed by atoms with Crippen molar-refractivity contribution in [3.8, 4) is 11.5 Å². The van der Waals surface area contributed by atoms with Crippen molar-refractivity contribution >= 4 is 17.3 Å². The molecule has 0 bridgehead atoms. The van der Waals surface area contributed by atoms with Crippen LogP contribution in [0, 0.1) is 0 Å². The maximum atomic E-state index is 12.4. The highest BCUT2D eigenvalue weighted by atomic mass is 16.5. The van der Waals surface area contributed by atoms with Gasteiger partial charge >= 0.3 is 0 Å². The summed E-state index contributed by atoms with van der Waals surface area (Å²) < 4.78 is 10.7. The van der Waals surface area contributed by atoms with E-state index in [0.717, 1.165) is 0 Å². The van der Waals surface area contributed by atoms with E-state index in [1.807, 2.05) is 19.1 Å². The number of para-hydroxylation sites is 3. The van der Waals surface area contributed by atoms with E-state index < -0.39 is 0 Å². The molecular weight excluding hydrogens is 268 g/mol. The average Bonchev–Trinajstić information content (AvgIpc) is 2.49. The van der Waals surface area contributed by atoms with Crippen LogP contribution in [0.2, 0.25) is 0 Å². The maximum absolute atomic E-state index is 12.4. The lowest BCUT2D eigenvalue weighted by molar-refractivity contribution is 0.102. The molecule has 0 saturated heterocycles. The lowest BCUT2D eigenvalue weighted by Gasteiger charge is -2.13. The Bertz CT molecular complexity index is 641. The van der Waals surface area contributed by atoms with Gasteiger partial charge in [0.05, 0.1) is 30.7 Å². The van der Waals surface area contributed by atoms with E-state index in [0.29, 0.717) is 35.0 Å². The smallest absolute Gasteiger partial charge is 0.259 e. The van der Waals surface area contributed by atoms with Gasteiger partial charge in [0, 0.05) is 0 Å². The second kappa shape index (κ2) is 6.65. The highest BCUT2D eigenvalue weighted by molar-refractivity contribution is 6.07. The van der Waals surface area contributed by atoms with Gasteiger partial charge in [0.1, 0.15) is 5.75 Å². The minimum atomic E-state index is -0.300. The Hall–Kier alpha value is -2.69. The summed E-state index contributed by atoms with van der Waals surface area (Å²) in [4.78, 5) is 12.4. The summed E-state index contributed by atoms with van der Waals surface area (Å²) in [6.07, 6.45) is 0. The molecular formula is C16H18N2O3. The fraction of sp³-hybridized carbons (Fsp3) is 0.188. The second-order valence-corrected chi connectivity index (χ2v) is 4.31. The van der Waals surface area contributed by atoms with Crippen molar-refractivity contribution in [3.05, 3.63) is 48.0 Å². The van der Waals surface area contributed by atoms with E-state index in [1.54, 1.807) is 30.3 Å². The first-order chi connectivity index (χ1) is 10.2. The van der Waals surface area contributed by atoms with Crippen molar-refractivity contribution < 1.29 is 14.3 Å². The molecule has 3 N–H and O–H groups in total. The molecule has 0 spiro atoms. The standard InChI is InChI=1S/C16H18N2O3/c1-3-21-14-10-5-4-9-13(14)18-16(19)11-7-6-8-12(17)15(11)20-2/h4-10H,3,17H2,1-2H3,(H,18,19). The SMILES string of the molecule is CCOc1ccccc1NC(=O)c1cccc(N)c1OC. The quantitative estimate of drug-likeness (QED) is 0.829. The Morgan fingerprint density at radius 2 is 1.95 bits per heavy atom. The summed E-state index contributed by atoms with van der Waals surface area (Å²) in [5, 5.41) is 2.81. The van der Waals surface area contributed by atoms with Crippen LogP contribution in [-0.2, 0) is 0 Å². The second-order valence-electron chi connectivity index (χ2n) is 4.31. The monoisotopic (exact) mass is 286 g/mol. The normalized spacial score (nSPS) is 10.0. The number of hydrogen-bond donors (Lipinski definition) is 2. The van der Waals surface area contributed by atoms with Crippen LogP contribution >= 0.6 is 0 Å². The summed E-state index contributed by atoms with van der Waals surface area (Å²) in [6, 6.07) is 12.3. The molecule has 2 rings (SSSR count). The molecule has 5 nitrogen and oxygen atoms in total. The van der Waals surface area contributed by atoms with Gasteiger partial charge in [0.2, 0.25) is 0 Å². The zero-order valence-electron chi connectivity index (χ0n) is 12.1. The maximum Gasteiger partial charge on any atom is 0.259 e. The molecule has 0 atom stereocenters. The molecule has 0 aliphatic rings. The van der Waals surface area contributed by atoms with Crippen LogP contribution in [0.25, 0.3) is 0 Å². The van der Waals surface area contributed by atoms with Gasteiger partial charge in [0.25, 0.3) is 5.91 Å². The molecule has 0 radical (unpaired) electrons. The Kier molecular flexibility index (Phi) is 4.66. The number of nitrogen functional groups attached to an aromatic ring is 1. The molecule has 0 unspecified atom stereocenters. The van der Waals surface area contributed by atoms with Crippen molar-refractivity contribution in [3.63, 3.8) is 0 Å². The van der Waals surface area contributed by atoms with Crippen LogP contribution in [-0.4, -0.2) is 19.6 Å². The Morgan fingerprint density at radius 1 is 1.19 bits per heavy atom. The van der Waals surface area contributed by atoms with Gasteiger partial charge in [-0.3, -0.25) is 4.79 Å². The van der Waals surface area contributed by atoms with E-state index in [-0.39, 0.29) is 5.91 Å². The number of anilines is 2. The first kappa shape index (κ1) is 14.7. The van der Waals surface area contributed by atoms with Crippen molar-refractivity contribution in [1.82, 2.24) is 0 Å². The van der Waals surface area contributed by atoms with E-state index in [4.69, 9.17) is 15.2 Å². The van der Waals surface area contributed by atoms with E-state index in [9.17, 15) is 4.79 Å². The first-order valence-corrected chi connectivity index (χ1v) is 6.63. The van der Waals surface area contributed by atoms with Crippen LogP contribution in [0.3, 0.4) is 0 Å². The molecule has 2 aromatic carbocycles. The predicted molar refractivity (Wildman–Crippen MR) is 83.0 cm³/mol. The lowest BCUT2D eigenvalue weighted by atomic mass is 10.1. The molecule has 110 valence electrons. The van der Waals surface area contributed by atoms with Crippen molar-refractivity contribution in [1.29, 1.82) is 0 Å². The molecule has 0 aliphatic carbocycles. The molecule has 5 heteroatoms. The van der Waals surface area contributed by atoms with Crippen LogP contribution in [0.4, 0.5) is 11.4 Å². The van der Waals surface area contributed by atoms with E-state index >= 15 is 0 Å². The van der Waals surface area contributed by atoms with Crippen molar-refractivity contribution in [2.24, 2.45) is 0 Å².